The first-order valence-corrected chi connectivity index (χ1v) is 11.0. The molecule has 2 aromatic carbocycles. The molecule has 2 heterocycles. The van der Waals surface area contributed by atoms with Crippen LogP contribution in [0.5, 0.6) is 0 Å². The number of anilines is 1. The van der Waals surface area contributed by atoms with Crippen LogP contribution in [-0.4, -0.2) is 55.2 Å². The van der Waals surface area contributed by atoms with E-state index in [1.54, 1.807) is 11.3 Å². The van der Waals surface area contributed by atoms with Gasteiger partial charge in [-0.1, -0.05) is 53.8 Å². The molecule has 5 nitrogen and oxygen atoms in total. The lowest BCUT2D eigenvalue weighted by Crippen LogP contribution is -2.43. The van der Waals surface area contributed by atoms with Gasteiger partial charge in [-0.25, -0.2) is 4.98 Å². The number of fused-ring (bicyclic) bond motifs is 1. The van der Waals surface area contributed by atoms with E-state index in [-0.39, 0.29) is 18.3 Å². The third-order valence-electron chi connectivity index (χ3n) is 5.36. The summed E-state index contributed by atoms with van der Waals surface area (Å²) in [6.45, 7) is 6.95. The van der Waals surface area contributed by atoms with Gasteiger partial charge in [-0.15, -0.1) is 12.4 Å². The highest BCUT2D eigenvalue weighted by Crippen LogP contribution is 2.31. The average molecular weight is 446 g/mol. The topological polar surface area (TPSA) is 45.7 Å². The lowest BCUT2D eigenvalue weighted by atomic mass is 10.1. The Morgan fingerprint density at radius 2 is 1.90 bits per heavy atom. The first-order valence-electron chi connectivity index (χ1n) is 10.2. The Morgan fingerprint density at radius 3 is 2.63 bits per heavy atom. The Kier molecular flexibility index (Phi) is 8.22. The minimum absolute atomic E-state index is 0. The molecule has 0 aliphatic carbocycles. The number of rotatable bonds is 7. The third kappa shape index (κ3) is 5.58. The lowest BCUT2D eigenvalue weighted by molar-refractivity contribution is -0.118. The third-order valence-corrected chi connectivity index (χ3v) is 6.40. The van der Waals surface area contributed by atoms with E-state index in [1.807, 2.05) is 23.1 Å². The van der Waals surface area contributed by atoms with Gasteiger partial charge < -0.3 is 4.74 Å². The van der Waals surface area contributed by atoms with Crippen molar-refractivity contribution in [2.24, 2.45) is 0 Å². The first-order chi connectivity index (χ1) is 14.2. The maximum absolute atomic E-state index is 13.2. The van der Waals surface area contributed by atoms with Crippen LogP contribution in [0.15, 0.2) is 48.5 Å². The second-order valence-corrected chi connectivity index (χ2v) is 8.41. The van der Waals surface area contributed by atoms with E-state index >= 15 is 0 Å². The minimum Gasteiger partial charge on any atom is -0.379 e. The molecule has 0 N–H and O–H groups in total. The van der Waals surface area contributed by atoms with Crippen molar-refractivity contribution < 1.29 is 9.53 Å². The van der Waals surface area contributed by atoms with Crippen molar-refractivity contribution in [1.82, 2.24) is 9.88 Å². The van der Waals surface area contributed by atoms with Crippen LogP contribution >= 0.6 is 23.7 Å². The summed E-state index contributed by atoms with van der Waals surface area (Å²) >= 11 is 1.61. The Hall–Kier alpha value is -1.99. The van der Waals surface area contributed by atoms with Crippen LogP contribution < -0.4 is 4.90 Å². The van der Waals surface area contributed by atoms with Crippen LogP contribution in [0.1, 0.15) is 17.5 Å². The number of aromatic nitrogens is 1. The van der Waals surface area contributed by atoms with Crippen molar-refractivity contribution in [2.45, 2.75) is 19.8 Å². The number of para-hydroxylation sites is 1. The Bertz CT molecular complexity index is 957. The van der Waals surface area contributed by atoms with Crippen molar-refractivity contribution in [2.75, 3.05) is 44.3 Å². The predicted octanol–water partition coefficient (Wildman–Crippen LogP) is 4.32. The number of aryl methyl sites for hydroxylation is 2. The zero-order valence-electron chi connectivity index (χ0n) is 17.3. The molecule has 30 heavy (non-hydrogen) atoms. The molecule has 1 saturated heterocycles. The minimum atomic E-state index is 0. The number of benzene rings is 2. The van der Waals surface area contributed by atoms with Gasteiger partial charge in [-0.05, 0) is 30.5 Å². The molecule has 0 radical (unpaired) electrons. The second kappa shape index (κ2) is 10.9. The zero-order chi connectivity index (χ0) is 20.1. The summed E-state index contributed by atoms with van der Waals surface area (Å²) in [6, 6.07) is 16.4. The summed E-state index contributed by atoms with van der Waals surface area (Å²) in [7, 11) is 0. The molecule has 1 fully saturated rings. The zero-order valence-corrected chi connectivity index (χ0v) is 18.9. The van der Waals surface area contributed by atoms with Crippen LogP contribution in [0.3, 0.4) is 0 Å². The van der Waals surface area contributed by atoms with E-state index in [9.17, 15) is 4.79 Å². The molecule has 1 aliphatic heterocycles. The number of amides is 1. The maximum Gasteiger partial charge on any atom is 0.229 e. The summed E-state index contributed by atoms with van der Waals surface area (Å²) in [4.78, 5) is 22.3. The molecular weight excluding hydrogens is 418 g/mol. The van der Waals surface area contributed by atoms with Crippen LogP contribution in [0.25, 0.3) is 10.2 Å². The molecule has 0 atom stereocenters. The SMILES string of the molecule is Cc1cccc2sc(N(CCN3CCOCC3)C(=O)CCc3ccccc3)nc12.Cl. The Morgan fingerprint density at radius 1 is 1.13 bits per heavy atom. The summed E-state index contributed by atoms with van der Waals surface area (Å²) in [5.74, 6) is 0.138. The summed E-state index contributed by atoms with van der Waals surface area (Å²) in [6.07, 6.45) is 1.24. The van der Waals surface area contributed by atoms with Crippen LogP contribution in [0, 0.1) is 6.92 Å². The highest BCUT2D eigenvalue weighted by molar-refractivity contribution is 7.22. The molecule has 160 valence electrons. The van der Waals surface area contributed by atoms with Gasteiger partial charge in [0.25, 0.3) is 0 Å². The smallest absolute Gasteiger partial charge is 0.229 e. The number of thiazole rings is 1. The van der Waals surface area contributed by atoms with E-state index in [1.165, 1.54) is 5.56 Å². The fourth-order valence-corrected chi connectivity index (χ4v) is 4.70. The number of nitrogens with zero attached hydrogens (tertiary/aromatic N) is 3. The fourth-order valence-electron chi connectivity index (χ4n) is 3.61. The van der Waals surface area contributed by atoms with Gasteiger partial charge in [0.15, 0.2) is 5.13 Å². The summed E-state index contributed by atoms with van der Waals surface area (Å²) < 4.78 is 6.58. The Balaban J connectivity index is 0.00000256. The molecule has 1 amide bonds. The van der Waals surface area contributed by atoms with Crippen LogP contribution in [-0.2, 0) is 16.0 Å². The number of ether oxygens (including phenoxy) is 1. The van der Waals surface area contributed by atoms with Gasteiger partial charge >= 0.3 is 0 Å². The largest absolute Gasteiger partial charge is 0.379 e. The normalized spacial score (nSPS) is 14.4. The molecule has 4 rings (SSSR count). The first kappa shape index (κ1) is 22.7. The summed E-state index contributed by atoms with van der Waals surface area (Å²) in [5, 5.41) is 0.806. The van der Waals surface area contributed by atoms with Crippen molar-refractivity contribution in [3.8, 4) is 0 Å². The molecular formula is C23H28ClN3O2S. The van der Waals surface area contributed by atoms with Crippen molar-refractivity contribution >= 4 is 45.0 Å². The lowest BCUT2D eigenvalue weighted by Gasteiger charge is -2.29. The van der Waals surface area contributed by atoms with Gasteiger partial charge in [0.2, 0.25) is 5.91 Å². The van der Waals surface area contributed by atoms with E-state index in [0.717, 1.165) is 60.2 Å². The Labute approximate surface area is 188 Å². The second-order valence-electron chi connectivity index (χ2n) is 7.40. The number of halogens is 1. The van der Waals surface area contributed by atoms with E-state index < -0.39 is 0 Å². The number of carbonyl (C=O) groups excluding carboxylic acids is 1. The number of morpholine rings is 1. The van der Waals surface area contributed by atoms with E-state index in [0.29, 0.717) is 13.0 Å². The van der Waals surface area contributed by atoms with Gasteiger partial charge in [-0.2, -0.15) is 0 Å². The molecule has 0 unspecified atom stereocenters. The molecule has 7 heteroatoms. The van der Waals surface area contributed by atoms with E-state index in [4.69, 9.17) is 9.72 Å². The van der Waals surface area contributed by atoms with Crippen molar-refractivity contribution in [3.63, 3.8) is 0 Å². The molecule has 1 aliphatic rings. The number of hydrogen-bond acceptors (Lipinski definition) is 5. The summed E-state index contributed by atoms with van der Waals surface area (Å²) in [5.41, 5.74) is 3.34. The van der Waals surface area contributed by atoms with Gasteiger partial charge in [0.05, 0.1) is 23.4 Å². The quantitative estimate of drug-likeness (QED) is 0.543. The maximum atomic E-state index is 13.2. The predicted molar refractivity (Wildman–Crippen MR) is 126 cm³/mol. The van der Waals surface area contributed by atoms with Crippen molar-refractivity contribution in [1.29, 1.82) is 0 Å². The van der Waals surface area contributed by atoms with Gasteiger partial charge in [-0.3, -0.25) is 14.6 Å². The highest BCUT2D eigenvalue weighted by Gasteiger charge is 2.21. The molecule has 0 saturated carbocycles. The number of hydrogen-bond donors (Lipinski definition) is 0. The molecule has 3 aromatic rings. The highest BCUT2D eigenvalue weighted by atomic mass is 35.5. The molecule has 0 bridgehead atoms. The fraction of sp³-hybridized carbons (Fsp3) is 0.391. The number of carbonyl (C=O) groups is 1. The standard InChI is InChI=1S/C23H27N3O2S.ClH/c1-18-6-5-9-20-22(18)24-23(29-20)26(13-12-25-14-16-28-17-15-25)21(27)11-10-19-7-3-2-4-8-19;/h2-9H,10-17H2,1H3;1H. The van der Waals surface area contributed by atoms with Crippen LogP contribution in [0.2, 0.25) is 0 Å². The van der Waals surface area contributed by atoms with E-state index in [2.05, 4.69) is 42.2 Å². The van der Waals surface area contributed by atoms with Crippen LogP contribution in [0.4, 0.5) is 5.13 Å². The monoisotopic (exact) mass is 445 g/mol. The molecule has 1 aromatic heterocycles. The average Bonchev–Trinajstić information content (AvgIpc) is 3.19. The van der Waals surface area contributed by atoms with Gasteiger partial charge in [0, 0.05) is 32.6 Å². The molecule has 0 spiro atoms. The van der Waals surface area contributed by atoms with Gasteiger partial charge in [0.1, 0.15) is 0 Å². The van der Waals surface area contributed by atoms with Crippen molar-refractivity contribution in [3.05, 3.63) is 59.7 Å².